The zero-order chi connectivity index (χ0) is 22.0. The van der Waals surface area contributed by atoms with E-state index in [0.717, 1.165) is 38.9 Å². The Hall–Kier alpha value is -4.18. The van der Waals surface area contributed by atoms with Gasteiger partial charge in [0.2, 0.25) is 0 Å². The van der Waals surface area contributed by atoms with Crippen LogP contribution in [0, 0.1) is 6.92 Å². The van der Waals surface area contributed by atoms with E-state index < -0.39 is 11.9 Å². The summed E-state index contributed by atoms with van der Waals surface area (Å²) in [4.78, 5) is 22.1. The van der Waals surface area contributed by atoms with Gasteiger partial charge in [-0.05, 0) is 70.1 Å². The van der Waals surface area contributed by atoms with Crippen LogP contribution in [0.25, 0.3) is 33.4 Å². The van der Waals surface area contributed by atoms with E-state index in [1.54, 1.807) is 24.3 Å². The highest BCUT2D eigenvalue weighted by atomic mass is 16.4. The average molecular weight is 408 g/mol. The van der Waals surface area contributed by atoms with E-state index in [2.05, 4.69) is 31.2 Å². The first-order valence-corrected chi connectivity index (χ1v) is 9.81. The number of hydrogen-bond acceptors (Lipinski definition) is 2. The molecular weight excluding hydrogens is 388 g/mol. The highest BCUT2D eigenvalue weighted by molar-refractivity contribution is 5.89. The zero-order valence-electron chi connectivity index (χ0n) is 16.9. The Balaban J connectivity index is 1.58. The lowest BCUT2D eigenvalue weighted by atomic mass is 9.94. The second-order valence-corrected chi connectivity index (χ2v) is 7.37. The van der Waals surface area contributed by atoms with E-state index in [1.165, 1.54) is 0 Å². The molecule has 0 aliphatic heterocycles. The standard InChI is InChI=1S/C27H20O4/c1-17-16-24(20-6-12-23(13-7-20)27(30)31)14-15-25(17)21-8-2-18(3-9-21)19-4-10-22(11-5-19)26(28)29/h2-16H,1H3,(H,28,29)(H,30,31). The van der Waals surface area contributed by atoms with E-state index in [-0.39, 0.29) is 11.1 Å². The maximum absolute atomic E-state index is 11.0. The van der Waals surface area contributed by atoms with Crippen molar-refractivity contribution in [3.8, 4) is 33.4 Å². The largest absolute Gasteiger partial charge is 0.478 e. The number of rotatable bonds is 5. The fraction of sp³-hybridized carbons (Fsp3) is 0.0370. The smallest absolute Gasteiger partial charge is 0.335 e. The van der Waals surface area contributed by atoms with Gasteiger partial charge >= 0.3 is 11.9 Å². The SMILES string of the molecule is Cc1cc(-c2ccc(C(=O)O)cc2)ccc1-c1ccc(-c2ccc(C(=O)O)cc2)cc1. The number of carboxylic acids is 2. The van der Waals surface area contributed by atoms with E-state index in [1.807, 2.05) is 42.5 Å². The van der Waals surface area contributed by atoms with Gasteiger partial charge in [0.1, 0.15) is 0 Å². The van der Waals surface area contributed by atoms with Crippen molar-refractivity contribution in [1.82, 2.24) is 0 Å². The van der Waals surface area contributed by atoms with Crippen molar-refractivity contribution in [3.05, 3.63) is 108 Å². The molecule has 0 amide bonds. The van der Waals surface area contributed by atoms with Crippen LogP contribution in [0.4, 0.5) is 0 Å². The highest BCUT2D eigenvalue weighted by Crippen LogP contribution is 2.30. The molecular formula is C27H20O4. The first-order chi connectivity index (χ1) is 14.9. The molecule has 0 aliphatic carbocycles. The minimum Gasteiger partial charge on any atom is -0.478 e. The van der Waals surface area contributed by atoms with E-state index in [4.69, 9.17) is 10.2 Å². The normalized spacial score (nSPS) is 10.6. The van der Waals surface area contributed by atoms with Crippen LogP contribution in [0.15, 0.2) is 91.0 Å². The van der Waals surface area contributed by atoms with Crippen LogP contribution in [0.3, 0.4) is 0 Å². The fourth-order valence-corrected chi connectivity index (χ4v) is 3.62. The van der Waals surface area contributed by atoms with Crippen LogP contribution in [-0.2, 0) is 0 Å². The molecule has 0 unspecified atom stereocenters. The minimum absolute atomic E-state index is 0.272. The van der Waals surface area contributed by atoms with Gasteiger partial charge in [0, 0.05) is 0 Å². The van der Waals surface area contributed by atoms with Crippen molar-refractivity contribution in [2.24, 2.45) is 0 Å². The molecule has 4 nitrogen and oxygen atoms in total. The summed E-state index contributed by atoms with van der Waals surface area (Å²) < 4.78 is 0. The van der Waals surface area contributed by atoms with Gasteiger partial charge in [0.25, 0.3) is 0 Å². The summed E-state index contributed by atoms with van der Waals surface area (Å²) in [5.41, 5.74) is 7.88. The third-order valence-corrected chi connectivity index (χ3v) is 5.35. The monoisotopic (exact) mass is 408 g/mol. The summed E-state index contributed by atoms with van der Waals surface area (Å²) >= 11 is 0. The molecule has 0 radical (unpaired) electrons. The Morgan fingerprint density at radius 3 is 1.29 bits per heavy atom. The molecule has 0 heterocycles. The first-order valence-electron chi connectivity index (χ1n) is 9.81. The number of hydrogen-bond donors (Lipinski definition) is 2. The summed E-state index contributed by atoms with van der Waals surface area (Å²) in [6.45, 7) is 2.06. The second kappa shape index (κ2) is 8.28. The van der Waals surface area contributed by atoms with Gasteiger partial charge in [-0.25, -0.2) is 9.59 Å². The average Bonchev–Trinajstić information content (AvgIpc) is 2.79. The number of aryl methyl sites for hydroxylation is 1. The van der Waals surface area contributed by atoms with Gasteiger partial charge in [0.15, 0.2) is 0 Å². The number of carboxylic acid groups (broad SMARTS) is 2. The third-order valence-electron chi connectivity index (χ3n) is 5.35. The first kappa shape index (κ1) is 20.1. The van der Waals surface area contributed by atoms with E-state index in [9.17, 15) is 9.59 Å². The summed E-state index contributed by atoms with van der Waals surface area (Å²) in [5, 5.41) is 18.1. The molecule has 0 saturated carbocycles. The molecule has 31 heavy (non-hydrogen) atoms. The minimum atomic E-state index is -0.932. The molecule has 0 bridgehead atoms. The van der Waals surface area contributed by atoms with Crippen molar-refractivity contribution in [2.45, 2.75) is 6.92 Å². The van der Waals surface area contributed by atoms with Crippen LogP contribution < -0.4 is 0 Å². The summed E-state index contributed by atoms with van der Waals surface area (Å²) in [7, 11) is 0. The molecule has 4 aromatic carbocycles. The Labute approximate surface area is 180 Å². The lowest BCUT2D eigenvalue weighted by molar-refractivity contribution is 0.0686. The predicted molar refractivity (Wildman–Crippen MR) is 121 cm³/mol. The summed E-state index contributed by atoms with van der Waals surface area (Å²) in [6, 6.07) is 28.1. The Bertz CT molecular complexity index is 1250. The number of carbonyl (C=O) groups is 2. The van der Waals surface area contributed by atoms with Crippen LogP contribution in [-0.4, -0.2) is 22.2 Å². The maximum atomic E-state index is 11.0. The maximum Gasteiger partial charge on any atom is 0.335 e. The lowest BCUT2D eigenvalue weighted by Crippen LogP contribution is -1.95. The van der Waals surface area contributed by atoms with Crippen molar-refractivity contribution in [2.75, 3.05) is 0 Å². The van der Waals surface area contributed by atoms with Gasteiger partial charge < -0.3 is 10.2 Å². The second-order valence-electron chi connectivity index (χ2n) is 7.37. The molecule has 0 atom stereocenters. The summed E-state index contributed by atoms with van der Waals surface area (Å²) in [6.07, 6.45) is 0. The van der Waals surface area contributed by atoms with Gasteiger partial charge in [-0.15, -0.1) is 0 Å². The lowest BCUT2D eigenvalue weighted by Gasteiger charge is -2.11. The Morgan fingerprint density at radius 1 is 0.516 bits per heavy atom. The van der Waals surface area contributed by atoms with Crippen LogP contribution in [0.2, 0.25) is 0 Å². The van der Waals surface area contributed by atoms with Gasteiger partial charge in [-0.3, -0.25) is 0 Å². The van der Waals surface area contributed by atoms with Gasteiger partial charge in [-0.1, -0.05) is 66.7 Å². The Kier molecular flexibility index (Phi) is 5.37. The molecule has 0 saturated heterocycles. The van der Waals surface area contributed by atoms with Crippen molar-refractivity contribution < 1.29 is 19.8 Å². The third kappa shape index (κ3) is 4.23. The summed E-state index contributed by atoms with van der Waals surface area (Å²) in [5.74, 6) is -1.86. The number of aromatic carboxylic acids is 2. The van der Waals surface area contributed by atoms with E-state index in [0.29, 0.717) is 0 Å². The fourth-order valence-electron chi connectivity index (χ4n) is 3.62. The molecule has 4 rings (SSSR count). The van der Waals surface area contributed by atoms with Crippen molar-refractivity contribution in [3.63, 3.8) is 0 Å². The topological polar surface area (TPSA) is 74.6 Å². The van der Waals surface area contributed by atoms with Crippen LogP contribution >= 0.6 is 0 Å². The molecule has 0 fully saturated rings. The quantitative estimate of drug-likeness (QED) is 0.401. The van der Waals surface area contributed by atoms with Crippen molar-refractivity contribution >= 4 is 11.9 Å². The van der Waals surface area contributed by atoms with Crippen LogP contribution in [0.1, 0.15) is 26.3 Å². The Morgan fingerprint density at radius 2 is 0.871 bits per heavy atom. The zero-order valence-corrected chi connectivity index (χ0v) is 16.9. The van der Waals surface area contributed by atoms with Crippen molar-refractivity contribution in [1.29, 1.82) is 0 Å². The highest BCUT2D eigenvalue weighted by Gasteiger charge is 2.08. The van der Waals surface area contributed by atoms with Gasteiger partial charge in [0.05, 0.1) is 11.1 Å². The molecule has 2 N–H and O–H groups in total. The molecule has 0 spiro atoms. The molecule has 0 aliphatic rings. The van der Waals surface area contributed by atoms with Gasteiger partial charge in [-0.2, -0.15) is 0 Å². The number of benzene rings is 4. The molecule has 4 aromatic rings. The predicted octanol–water partition coefficient (Wildman–Crippen LogP) is 6.39. The van der Waals surface area contributed by atoms with Crippen LogP contribution in [0.5, 0.6) is 0 Å². The molecule has 4 heteroatoms. The molecule has 0 aromatic heterocycles. The molecule has 152 valence electrons. The van der Waals surface area contributed by atoms with E-state index >= 15 is 0 Å².